The van der Waals surface area contributed by atoms with E-state index in [1.165, 1.54) is 11.0 Å². The van der Waals surface area contributed by atoms with Gasteiger partial charge in [-0.2, -0.15) is 15.1 Å². The second-order valence-corrected chi connectivity index (χ2v) is 9.75. The van der Waals surface area contributed by atoms with Crippen LogP contribution in [0.2, 0.25) is 0 Å². The molecule has 1 aliphatic carbocycles. The van der Waals surface area contributed by atoms with Gasteiger partial charge in [0.25, 0.3) is 5.91 Å². The molecule has 2 aliphatic rings. The number of fused-ring (bicyclic) bond motifs is 1. The fourth-order valence-corrected chi connectivity index (χ4v) is 5.15. The van der Waals surface area contributed by atoms with Crippen molar-refractivity contribution in [1.82, 2.24) is 24.7 Å². The van der Waals surface area contributed by atoms with E-state index in [-0.39, 0.29) is 18.1 Å². The monoisotopic (exact) mass is 513 g/mol. The fraction of sp³-hybridized carbons (Fsp3) is 0.321. The molecular weight excluding hydrogens is 485 g/mol. The van der Waals surface area contributed by atoms with Gasteiger partial charge in [-0.05, 0) is 61.4 Å². The first-order chi connectivity index (χ1) is 18.4. The van der Waals surface area contributed by atoms with Gasteiger partial charge in [-0.15, -0.1) is 0 Å². The van der Waals surface area contributed by atoms with Crippen molar-refractivity contribution >= 4 is 17.5 Å². The Balaban J connectivity index is 1.35. The molecule has 2 aromatic carbocycles. The number of nitrogens with two attached hydrogens (primary N) is 1. The van der Waals surface area contributed by atoms with Crippen LogP contribution < -0.4 is 10.6 Å². The highest BCUT2D eigenvalue weighted by Crippen LogP contribution is 2.42. The van der Waals surface area contributed by atoms with Crippen molar-refractivity contribution < 1.29 is 14.3 Å². The number of aryl methyl sites for hydroxylation is 1. The van der Waals surface area contributed by atoms with Crippen molar-refractivity contribution in [2.24, 2.45) is 0 Å². The smallest absolute Gasteiger partial charge is 0.261 e. The predicted octanol–water partition coefficient (Wildman–Crippen LogP) is 3.64. The SMILES string of the molecule is CCn1ccc(Cc2nc(N)nc(-c3cccc(N4CCc5cc(C6CC6)cc(F)c5C4=O)c3CO)n2)n1. The molecule has 3 N–H and O–H groups in total. The van der Waals surface area contributed by atoms with Gasteiger partial charge in [0.05, 0.1) is 30.0 Å². The van der Waals surface area contributed by atoms with Crippen molar-refractivity contribution in [2.45, 2.75) is 51.7 Å². The number of nitrogens with zero attached hydrogens (tertiary/aromatic N) is 6. The zero-order valence-corrected chi connectivity index (χ0v) is 21.1. The van der Waals surface area contributed by atoms with E-state index in [4.69, 9.17) is 5.73 Å². The molecule has 0 unspecified atom stereocenters. The molecule has 1 amide bonds. The molecule has 3 heterocycles. The summed E-state index contributed by atoms with van der Waals surface area (Å²) >= 11 is 0. The molecule has 6 rings (SSSR count). The van der Waals surface area contributed by atoms with E-state index in [0.717, 1.165) is 36.2 Å². The summed E-state index contributed by atoms with van der Waals surface area (Å²) in [5.74, 6) is 0.283. The highest BCUT2D eigenvalue weighted by Gasteiger charge is 2.33. The molecule has 38 heavy (non-hydrogen) atoms. The van der Waals surface area contributed by atoms with Gasteiger partial charge in [0.15, 0.2) is 5.82 Å². The maximum Gasteiger partial charge on any atom is 0.261 e. The van der Waals surface area contributed by atoms with Crippen LogP contribution >= 0.6 is 0 Å². The standard InChI is InChI=1S/C28H28FN7O2/c1-2-35-10-9-19(34-35)14-24-31-26(33-28(30)32-24)20-4-3-5-23(21(20)15-37)36-11-8-17-12-18(16-6-7-16)13-22(29)25(17)27(36)38/h3-5,9-10,12-13,16,37H,2,6-8,11,14-15H2,1H3,(H2,30,31,32,33). The molecule has 1 fully saturated rings. The number of aliphatic hydroxyl groups is 1. The number of aromatic nitrogens is 5. The Morgan fingerprint density at radius 3 is 2.74 bits per heavy atom. The number of halogens is 1. The first-order valence-electron chi connectivity index (χ1n) is 12.8. The van der Waals surface area contributed by atoms with Crippen LogP contribution in [0, 0.1) is 5.82 Å². The van der Waals surface area contributed by atoms with E-state index in [1.54, 1.807) is 18.2 Å². The van der Waals surface area contributed by atoms with E-state index >= 15 is 4.39 Å². The molecule has 1 saturated carbocycles. The van der Waals surface area contributed by atoms with Crippen LogP contribution in [-0.4, -0.2) is 42.3 Å². The van der Waals surface area contributed by atoms with Crippen molar-refractivity contribution in [1.29, 1.82) is 0 Å². The van der Waals surface area contributed by atoms with Crippen LogP contribution in [0.5, 0.6) is 0 Å². The Morgan fingerprint density at radius 1 is 1.16 bits per heavy atom. The van der Waals surface area contributed by atoms with Crippen LogP contribution in [0.4, 0.5) is 16.0 Å². The third kappa shape index (κ3) is 4.41. The molecule has 0 bridgehead atoms. The van der Waals surface area contributed by atoms with Crippen LogP contribution in [0.15, 0.2) is 42.6 Å². The fourth-order valence-electron chi connectivity index (χ4n) is 5.15. The number of carbonyl (C=O) groups excluding carboxylic acids is 1. The maximum absolute atomic E-state index is 15.1. The normalized spacial score (nSPS) is 15.1. The summed E-state index contributed by atoms with van der Waals surface area (Å²) in [4.78, 5) is 28.2. The van der Waals surface area contributed by atoms with Crippen LogP contribution in [0.1, 0.15) is 64.2 Å². The third-order valence-electron chi connectivity index (χ3n) is 7.21. The van der Waals surface area contributed by atoms with Crippen molar-refractivity contribution in [3.63, 3.8) is 0 Å². The third-order valence-corrected chi connectivity index (χ3v) is 7.21. The molecule has 0 spiro atoms. The lowest BCUT2D eigenvalue weighted by molar-refractivity contribution is 0.0976. The van der Waals surface area contributed by atoms with Gasteiger partial charge < -0.3 is 15.7 Å². The molecule has 0 atom stereocenters. The highest BCUT2D eigenvalue weighted by atomic mass is 19.1. The van der Waals surface area contributed by atoms with E-state index < -0.39 is 11.7 Å². The molecule has 0 saturated heterocycles. The van der Waals surface area contributed by atoms with Gasteiger partial charge in [0.1, 0.15) is 11.6 Å². The van der Waals surface area contributed by atoms with Gasteiger partial charge >= 0.3 is 0 Å². The molecule has 10 heteroatoms. The number of nitrogen functional groups attached to an aromatic ring is 1. The highest BCUT2D eigenvalue weighted by molar-refractivity contribution is 6.09. The van der Waals surface area contributed by atoms with Gasteiger partial charge in [0.2, 0.25) is 5.95 Å². The summed E-state index contributed by atoms with van der Waals surface area (Å²) in [5, 5.41) is 14.9. The quantitative estimate of drug-likeness (QED) is 0.387. The minimum absolute atomic E-state index is 0.0470. The summed E-state index contributed by atoms with van der Waals surface area (Å²) in [6.45, 7) is 2.76. The Morgan fingerprint density at radius 2 is 2.00 bits per heavy atom. The molecule has 9 nitrogen and oxygen atoms in total. The Bertz CT molecular complexity index is 1550. The average molecular weight is 514 g/mol. The van der Waals surface area contributed by atoms with Gasteiger partial charge in [-0.1, -0.05) is 18.2 Å². The number of hydrogen-bond acceptors (Lipinski definition) is 7. The summed E-state index contributed by atoms with van der Waals surface area (Å²) in [6, 6.07) is 10.7. The van der Waals surface area contributed by atoms with E-state index in [1.807, 2.05) is 29.9 Å². The molecule has 1 aliphatic heterocycles. The number of benzene rings is 2. The van der Waals surface area contributed by atoms with Crippen LogP contribution in [0.25, 0.3) is 11.4 Å². The number of hydrogen-bond donors (Lipinski definition) is 2. The van der Waals surface area contributed by atoms with Gasteiger partial charge in [-0.3, -0.25) is 9.48 Å². The predicted molar refractivity (Wildman–Crippen MR) is 140 cm³/mol. The molecule has 0 radical (unpaired) electrons. The second-order valence-electron chi connectivity index (χ2n) is 9.75. The minimum atomic E-state index is -0.485. The van der Waals surface area contributed by atoms with Crippen molar-refractivity contribution in [2.75, 3.05) is 17.2 Å². The zero-order valence-electron chi connectivity index (χ0n) is 21.1. The topological polar surface area (TPSA) is 123 Å². The summed E-state index contributed by atoms with van der Waals surface area (Å²) in [6.07, 6.45) is 4.91. The van der Waals surface area contributed by atoms with Crippen LogP contribution in [-0.2, 0) is 26.0 Å². The van der Waals surface area contributed by atoms with Gasteiger partial charge in [0, 0.05) is 30.4 Å². The molecule has 194 valence electrons. The number of carbonyl (C=O) groups is 1. The molecule has 2 aromatic heterocycles. The van der Waals surface area contributed by atoms with Crippen LogP contribution in [0.3, 0.4) is 0 Å². The Hall–Kier alpha value is -4.18. The Kier molecular flexibility index (Phi) is 6.11. The van der Waals surface area contributed by atoms with Gasteiger partial charge in [-0.25, -0.2) is 9.37 Å². The second kappa shape index (κ2) is 9.60. The summed E-state index contributed by atoms with van der Waals surface area (Å²) in [7, 11) is 0. The first-order valence-corrected chi connectivity index (χ1v) is 12.8. The molecular formula is C28H28FN7O2. The first kappa shape index (κ1) is 24.2. The number of amides is 1. The van der Waals surface area contributed by atoms with Crippen molar-refractivity contribution in [3.8, 4) is 11.4 Å². The lowest BCUT2D eigenvalue weighted by Gasteiger charge is -2.31. The minimum Gasteiger partial charge on any atom is -0.392 e. The largest absolute Gasteiger partial charge is 0.392 e. The van der Waals surface area contributed by atoms with E-state index in [0.29, 0.717) is 53.8 Å². The summed E-state index contributed by atoms with van der Waals surface area (Å²) in [5.41, 5.74) is 10.1. The lowest BCUT2D eigenvalue weighted by Crippen LogP contribution is -2.39. The lowest BCUT2D eigenvalue weighted by atomic mass is 9.93. The Labute approximate surface area is 219 Å². The number of aliphatic hydroxyl groups excluding tert-OH is 1. The zero-order chi connectivity index (χ0) is 26.4. The maximum atomic E-state index is 15.1. The van der Waals surface area contributed by atoms with E-state index in [9.17, 15) is 9.90 Å². The summed E-state index contributed by atoms with van der Waals surface area (Å²) < 4.78 is 17.0. The molecule has 4 aromatic rings. The number of rotatable bonds is 7. The van der Waals surface area contributed by atoms with E-state index in [2.05, 4.69) is 20.1 Å². The number of anilines is 2. The average Bonchev–Trinajstić information content (AvgIpc) is 3.67. The van der Waals surface area contributed by atoms with Crippen molar-refractivity contribution in [3.05, 3.63) is 82.2 Å².